The second-order valence-corrected chi connectivity index (χ2v) is 4.41. The van der Waals surface area contributed by atoms with E-state index < -0.39 is 11.9 Å². The van der Waals surface area contributed by atoms with Gasteiger partial charge in [0.15, 0.2) is 0 Å². The monoisotopic (exact) mass is 272 g/mol. The van der Waals surface area contributed by atoms with Gasteiger partial charge < -0.3 is 14.6 Å². The first-order valence-electron chi connectivity index (χ1n) is 6.25. The molecule has 0 radical (unpaired) electrons. The lowest BCUT2D eigenvalue weighted by atomic mass is 10.0. The Morgan fingerprint density at radius 1 is 0.950 bits per heavy atom. The van der Waals surface area contributed by atoms with Crippen LogP contribution < -0.4 is 9.47 Å². The minimum atomic E-state index is -0.839. The Kier molecular flexibility index (Phi) is 4.25. The maximum absolute atomic E-state index is 10.9. The molecule has 0 bridgehead atoms. The quantitative estimate of drug-likeness (QED) is 0.902. The summed E-state index contributed by atoms with van der Waals surface area (Å²) in [5.74, 6) is 0.767. The van der Waals surface area contributed by atoms with Gasteiger partial charge in [0.1, 0.15) is 17.2 Å². The molecule has 1 unspecified atom stereocenters. The summed E-state index contributed by atoms with van der Waals surface area (Å²) < 4.78 is 10.7. The number of carbonyl (C=O) groups is 1. The van der Waals surface area contributed by atoms with E-state index >= 15 is 0 Å². The van der Waals surface area contributed by atoms with Crippen LogP contribution in [0, 0.1) is 0 Å². The van der Waals surface area contributed by atoms with Crippen molar-refractivity contribution >= 4 is 5.97 Å². The number of hydrogen-bond donors (Lipinski definition) is 1. The molecule has 0 heterocycles. The molecule has 2 rings (SSSR count). The zero-order chi connectivity index (χ0) is 14.5. The summed E-state index contributed by atoms with van der Waals surface area (Å²) in [4.78, 5) is 10.9. The van der Waals surface area contributed by atoms with E-state index in [4.69, 9.17) is 14.6 Å². The molecule has 0 aliphatic carbocycles. The highest BCUT2D eigenvalue weighted by atomic mass is 16.5. The van der Waals surface area contributed by atoms with Crippen LogP contribution in [0.15, 0.2) is 48.5 Å². The third-order valence-corrected chi connectivity index (χ3v) is 3.05. The number of ether oxygens (including phenoxy) is 2. The van der Waals surface area contributed by atoms with Crippen LogP contribution in [0.4, 0.5) is 0 Å². The molecule has 0 amide bonds. The van der Waals surface area contributed by atoms with Crippen molar-refractivity contribution in [3.8, 4) is 17.2 Å². The van der Waals surface area contributed by atoms with E-state index in [9.17, 15) is 4.79 Å². The molecule has 2 aromatic carbocycles. The van der Waals surface area contributed by atoms with Crippen molar-refractivity contribution in [1.29, 1.82) is 0 Å². The SMILES string of the molecule is COc1ccc(Oc2ccc(C(C)C(=O)O)cc2)cc1. The molecule has 0 saturated heterocycles. The van der Waals surface area contributed by atoms with Gasteiger partial charge in [0.25, 0.3) is 0 Å². The van der Waals surface area contributed by atoms with Gasteiger partial charge >= 0.3 is 5.97 Å². The average molecular weight is 272 g/mol. The molecule has 0 saturated carbocycles. The average Bonchev–Trinajstić information content (AvgIpc) is 2.48. The molecule has 20 heavy (non-hydrogen) atoms. The normalized spacial score (nSPS) is 11.7. The van der Waals surface area contributed by atoms with E-state index in [1.165, 1.54) is 0 Å². The van der Waals surface area contributed by atoms with Gasteiger partial charge in [-0.2, -0.15) is 0 Å². The number of carboxylic acids is 1. The third-order valence-electron chi connectivity index (χ3n) is 3.05. The molecular weight excluding hydrogens is 256 g/mol. The zero-order valence-corrected chi connectivity index (χ0v) is 11.4. The summed E-state index contributed by atoms with van der Waals surface area (Å²) in [5, 5.41) is 8.95. The first kappa shape index (κ1) is 13.9. The summed E-state index contributed by atoms with van der Waals surface area (Å²) in [5.41, 5.74) is 0.750. The van der Waals surface area contributed by atoms with Gasteiger partial charge in [0.2, 0.25) is 0 Å². The van der Waals surface area contributed by atoms with E-state index in [0.29, 0.717) is 11.5 Å². The molecular formula is C16H16O4. The standard InChI is InChI=1S/C16H16O4/c1-11(16(17)18)12-3-5-14(6-4-12)20-15-9-7-13(19-2)8-10-15/h3-11H,1-2H3,(H,17,18). The highest BCUT2D eigenvalue weighted by molar-refractivity contribution is 5.75. The Balaban J connectivity index is 2.08. The van der Waals surface area contributed by atoms with Gasteiger partial charge in [-0.25, -0.2) is 0 Å². The van der Waals surface area contributed by atoms with Gasteiger partial charge in [0.05, 0.1) is 13.0 Å². The van der Waals surface area contributed by atoms with Crippen LogP contribution in [0.5, 0.6) is 17.2 Å². The molecule has 2 aromatic rings. The first-order valence-corrected chi connectivity index (χ1v) is 6.25. The lowest BCUT2D eigenvalue weighted by molar-refractivity contribution is -0.138. The minimum Gasteiger partial charge on any atom is -0.497 e. The minimum absolute atomic E-state index is 0.523. The van der Waals surface area contributed by atoms with Crippen LogP contribution in [0.2, 0.25) is 0 Å². The Morgan fingerprint density at radius 3 is 1.85 bits per heavy atom. The molecule has 0 aromatic heterocycles. The van der Waals surface area contributed by atoms with Crippen molar-refractivity contribution in [2.24, 2.45) is 0 Å². The van der Waals surface area contributed by atoms with Crippen LogP contribution in [0.3, 0.4) is 0 Å². The van der Waals surface area contributed by atoms with Crippen molar-refractivity contribution in [2.75, 3.05) is 7.11 Å². The fourth-order valence-electron chi connectivity index (χ4n) is 1.75. The number of carboxylic acid groups (broad SMARTS) is 1. The van der Waals surface area contributed by atoms with E-state index in [1.807, 2.05) is 24.3 Å². The van der Waals surface area contributed by atoms with Gasteiger partial charge in [0, 0.05) is 0 Å². The lowest BCUT2D eigenvalue weighted by Crippen LogP contribution is -2.06. The highest BCUT2D eigenvalue weighted by Gasteiger charge is 2.13. The van der Waals surface area contributed by atoms with Crippen molar-refractivity contribution in [3.05, 3.63) is 54.1 Å². The topological polar surface area (TPSA) is 55.8 Å². The molecule has 4 heteroatoms. The van der Waals surface area contributed by atoms with Crippen molar-refractivity contribution in [1.82, 2.24) is 0 Å². The Labute approximate surface area is 117 Å². The molecule has 4 nitrogen and oxygen atoms in total. The lowest BCUT2D eigenvalue weighted by Gasteiger charge is -2.09. The number of methoxy groups -OCH3 is 1. The fourth-order valence-corrected chi connectivity index (χ4v) is 1.75. The maximum Gasteiger partial charge on any atom is 0.310 e. The summed E-state index contributed by atoms with van der Waals surface area (Å²) in [6, 6.07) is 14.3. The zero-order valence-electron chi connectivity index (χ0n) is 11.4. The highest BCUT2D eigenvalue weighted by Crippen LogP contribution is 2.25. The molecule has 1 atom stereocenters. The maximum atomic E-state index is 10.9. The van der Waals surface area contributed by atoms with E-state index in [-0.39, 0.29) is 0 Å². The van der Waals surface area contributed by atoms with Gasteiger partial charge in [-0.15, -0.1) is 0 Å². The molecule has 1 N–H and O–H groups in total. The van der Waals surface area contributed by atoms with Gasteiger partial charge in [-0.3, -0.25) is 4.79 Å². The third kappa shape index (κ3) is 3.29. The number of aliphatic carboxylic acids is 1. The largest absolute Gasteiger partial charge is 0.497 e. The van der Waals surface area contributed by atoms with E-state index in [2.05, 4.69) is 0 Å². The van der Waals surface area contributed by atoms with Gasteiger partial charge in [-0.05, 0) is 48.9 Å². The van der Waals surface area contributed by atoms with E-state index in [1.54, 1.807) is 38.3 Å². The van der Waals surface area contributed by atoms with Crippen LogP contribution in [-0.2, 0) is 4.79 Å². The fraction of sp³-hybridized carbons (Fsp3) is 0.188. The Bertz CT molecular complexity index is 572. The van der Waals surface area contributed by atoms with Crippen LogP contribution in [0.1, 0.15) is 18.4 Å². The Hall–Kier alpha value is -2.49. The summed E-state index contributed by atoms with van der Waals surface area (Å²) >= 11 is 0. The predicted molar refractivity (Wildman–Crippen MR) is 75.6 cm³/mol. The number of hydrogen-bond acceptors (Lipinski definition) is 3. The molecule has 0 fully saturated rings. The van der Waals surface area contributed by atoms with Crippen molar-refractivity contribution < 1.29 is 19.4 Å². The van der Waals surface area contributed by atoms with Crippen molar-refractivity contribution in [2.45, 2.75) is 12.8 Å². The number of rotatable bonds is 5. The molecule has 0 aliphatic rings. The Morgan fingerprint density at radius 2 is 1.40 bits per heavy atom. The summed E-state index contributed by atoms with van der Waals surface area (Å²) in [6.07, 6.45) is 0. The summed E-state index contributed by atoms with van der Waals surface area (Å²) in [6.45, 7) is 1.65. The van der Waals surface area contributed by atoms with Crippen LogP contribution in [-0.4, -0.2) is 18.2 Å². The second kappa shape index (κ2) is 6.10. The molecule has 0 aliphatic heterocycles. The molecule has 104 valence electrons. The van der Waals surface area contributed by atoms with Crippen LogP contribution in [0.25, 0.3) is 0 Å². The number of benzene rings is 2. The summed E-state index contributed by atoms with van der Waals surface area (Å²) in [7, 11) is 1.61. The van der Waals surface area contributed by atoms with Crippen LogP contribution >= 0.6 is 0 Å². The second-order valence-electron chi connectivity index (χ2n) is 4.41. The molecule has 0 spiro atoms. The van der Waals surface area contributed by atoms with E-state index in [0.717, 1.165) is 11.3 Å². The van der Waals surface area contributed by atoms with Crippen molar-refractivity contribution in [3.63, 3.8) is 0 Å². The van der Waals surface area contributed by atoms with Gasteiger partial charge in [-0.1, -0.05) is 12.1 Å². The smallest absolute Gasteiger partial charge is 0.310 e. The first-order chi connectivity index (χ1) is 9.60. The predicted octanol–water partition coefficient (Wildman–Crippen LogP) is 3.68.